The zero-order valence-electron chi connectivity index (χ0n) is 11.4. The molecule has 0 unspecified atom stereocenters. The molecule has 0 saturated heterocycles. The summed E-state index contributed by atoms with van der Waals surface area (Å²) < 4.78 is 0. The molecule has 0 saturated carbocycles. The van der Waals surface area contributed by atoms with Gasteiger partial charge >= 0.3 is 0 Å². The number of aryl methyl sites for hydroxylation is 2. The second-order valence-electron chi connectivity index (χ2n) is 4.39. The molecule has 0 aliphatic carbocycles. The topological polar surface area (TPSA) is 59.0 Å². The minimum Gasteiger partial charge on any atom is -0.333 e. The van der Waals surface area contributed by atoms with Crippen molar-refractivity contribution in [3.8, 4) is 0 Å². The van der Waals surface area contributed by atoms with Gasteiger partial charge in [0.15, 0.2) is 0 Å². The maximum Gasteiger partial charge on any atom is 0.257 e. The zero-order valence-corrected chi connectivity index (χ0v) is 12.2. The van der Waals surface area contributed by atoms with Gasteiger partial charge in [-0.25, -0.2) is 15.0 Å². The fraction of sp³-hybridized carbons (Fsp3) is 0.385. The van der Waals surface area contributed by atoms with Crippen LogP contribution in [0.2, 0.25) is 0 Å². The Bertz CT molecular complexity index is 582. The SMILES string of the molecule is Cc1nc([C@@H](C)N(C)C(=O)c2cncnc2)c(C)s1. The Kier molecular flexibility index (Phi) is 3.90. The molecule has 1 amide bonds. The van der Waals surface area contributed by atoms with Gasteiger partial charge in [0.05, 0.1) is 22.3 Å². The van der Waals surface area contributed by atoms with Gasteiger partial charge < -0.3 is 4.90 Å². The summed E-state index contributed by atoms with van der Waals surface area (Å²) >= 11 is 1.65. The van der Waals surface area contributed by atoms with Gasteiger partial charge in [-0.3, -0.25) is 4.79 Å². The molecule has 2 aromatic rings. The van der Waals surface area contributed by atoms with Crippen molar-refractivity contribution in [2.75, 3.05) is 7.05 Å². The molecular weight excluding hydrogens is 260 g/mol. The summed E-state index contributed by atoms with van der Waals surface area (Å²) in [5.74, 6) is -0.0989. The normalized spacial score (nSPS) is 12.2. The van der Waals surface area contributed by atoms with E-state index in [0.717, 1.165) is 15.6 Å². The van der Waals surface area contributed by atoms with Crippen LogP contribution in [0.4, 0.5) is 0 Å². The second kappa shape index (κ2) is 5.44. The molecule has 0 aromatic carbocycles. The lowest BCUT2D eigenvalue weighted by Gasteiger charge is -2.24. The van der Waals surface area contributed by atoms with Gasteiger partial charge in [-0.05, 0) is 20.8 Å². The lowest BCUT2D eigenvalue weighted by Crippen LogP contribution is -2.30. The number of amides is 1. The highest BCUT2D eigenvalue weighted by molar-refractivity contribution is 7.11. The van der Waals surface area contributed by atoms with Gasteiger partial charge in [-0.1, -0.05) is 0 Å². The molecule has 0 bridgehead atoms. The van der Waals surface area contributed by atoms with E-state index in [9.17, 15) is 4.79 Å². The smallest absolute Gasteiger partial charge is 0.257 e. The Morgan fingerprint density at radius 3 is 2.47 bits per heavy atom. The number of nitrogens with zero attached hydrogens (tertiary/aromatic N) is 4. The lowest BCUT2D eigenvalue weighted by molar-refractivity contribution is 0.0739. The van der Waals surface area contributed by atoms with Crippen LogP contribution in [0.25, 0.3) is 0 Å². The zero-order chi connectivity index (χ0) is 14.0. The van der Waals surface area contributed by atoms with Gasteiger partial charge in [0.1, 0.15) is 6.33 Å². The Morgan fingerprint density at radius 2 is 1.95 bits per heavy atom. The average molecular weight is 276 g/mol. The van der Waals surface area contributed by atoms with Crippen LogP contribution in [-0.4, -0.2) is 32.8 Å². The standard InChI is InChI=1S/C13H16N4OS/c1-8(12-9(2)19-10(3)16-12)17(4)13(18)11-5-14-7-15-6-11/h5-8H,1-4H3/t8-/m1/s1. The van der Waals surface area contributed by atoms with Crippen molar-refractivity contribution < 1.29 is 4.79 Å². The molecule has 19 heavy (non-hydrogen) atoms. The number of hydrogen-bond donors (Lipinski definition) is 0. The molecule has 2 aromatic heterocycles. The minimum absolute atomic E-state index is 0.0716. The number of carbonyl (C=O) groups is 1. The summed E-state index contributed by atoms with van der Waals surface area (Å²) in [7, 11) is 1.77. The van der Waals surface area contributed by atoms with Gasteiger partial charge in [0.2, 0.25) is 0 Å². The van der Waals surface area contributed by atoms with Crippen LogP contribution in [0.3, 0.4) is 0 Å². The maximum atomic E-state index is 12.3. The van der Waals surface area contributed by atoms with Crippen LogP contribution in [0.15, 0.2) is 18.7 Å². The van der Waals surface area contributed by atoms with E-state index in [1.165, 1.54) is 18.7 Å². The monoisotopic (exact) mass is 276 g/mol. The Morgan fingerprint density at radius 1 is 1.32 bits per heavy atom. The number of hydrogen-bond acceptors (Lipinski definition) is 5. The third-order valence-corrected chi connectivity index (χ3v) is 3.95. The van der Waals surface area contributed by atoms with Crippen molar-refractivity contribution in [1.29, 1.82) is 0 Å². The van der Waals surface area contributed by atoms with Crippen LogP contribution in [0.5, 0.6) is 0 Å². The van der Waals surface area contributed by atoms with Crippen molar-refractivity contribution in [1.82, 2.24) is 19.9 Å². The van der Waals surface area contributed by atoms with Crippen molar-refractivity contribution in [3.05, 3.63) is 39.9 Å². The van der Waals surface area contributed by atoms with E-state index >= 15 is 0 Å². The van der Waals surface area contributed by atoms with E-state index in [1.807, 2.05) is 20.8 Å². The summed E-state index contributed by atoms with van der Waals surface area (Å²) in [5, 5.41) is 1.02. The maximum absolute atomic E-state index is 12.3. The Balaban J connectivity index is 2.22. The average Bonchev–Trinajstić information content (AvgIpc) is 2.76. The van der Waals surface area contributed by atoms with Crippen LogP contribution in [0.1, 0.15) is 38.9 Å². The second-order valence-corrected chi connectivity index (χ2v) is 5.80. The Labute approximate surface area is 116 Å². The molecule has 0 fully saturated rings. The van der Waals surface area contributed by atoms with E-state index in [2.05, 4.69) is 15.0 Å². The molecule has 0 radical (unpaired) electrons. The van der Waals surface area contributed by atoms with E-state index in [0.29, 0.717) is 5.56 Å². The Hall–Kier alpha value is -1.82. The summed E-state index contributed by atoms with van der Waals surface area (Å²) in [6.45, 7) is 5.98. The van der Waals surface area contributed by atoms with E-state index in [-0.39, 0.29) is 11.9 Å². The third kappa shape index (κ3) is 2.78. The third-order valence-electron chi connectivity index (χ3n) is 3.04. The van der Waals surface area contributed by atoms with Crippen LogP contribution in [0, 0.1) is 13.8 Å². The first-order valence-corrected chi connectivity index (χ1v) is 6.78. The molecule has 2 heterocycles. The highest BCUT2D eigenvalue weighted by atomic mass is 32.1. The molecule has 0 spiro atoms. The van der Waals surface area contributed by atoms with Crippen molar-refractivity contribution in [2.45, 2.75) is 26.8 Å². The van der Waals surface area contributed by atoms with E-state index < -0.39 is 0 Å². The molecule has 0 aliphatic rings. The summed E-state index contributed by atoms with van der Waals surface area (Å²) in [5.41, 5.74) is 1.44. The van der Waals surface area contributed by atoms with Crippen molar-refractivity contribution in [2.24, 2.45) is 0 Å². The van der Waals surface area contributed by atoms with Gasteiger partial charge in [0, 0.05) is 24.3 Å². The van der Waals surface area contributed by atoms with Gasteiger partial charge in [0.25, 0.3) is 5.91 Å². The quantitative estimate of drug-likeness (QED) is 0.863. The molecule has 5 nitrogen and oxygen atoms in total. The molecule has 0 aliphatic heterocycles. The summed E-state index contributed by atoms with van der Waals surface area (Å²) in [6.07, 6.45) is 4.46. The predicted octanol–water partition coefficient (Wildman–Crippen LogP) is 2.38. The molecule has 0 N–H and O–H groups in total. The van der Waals surface area contributed by atoms with Gasteiger partial charge in [-0.2, -0.15) is 0 Å². The molecule has 6 heteroatoms. The highest BCUT2D eigenvalue weighted by Crippen LogP contribution is 2.26. The summed E-state index contributed by atoms with van der Waals surface area (Å²) in [4.78, 5) is 27.4. The number of carbonyl (C=O) groups excluding carboxylic acids is 1. The molecule has 100 valence electrons. The van der Waals surface area contributed by atoms with E-state index in [4.69, 9.17) is 0 Å². The molecular formula is C13H16N4OS. The first kappa shape index (κ1) is 13.6. The molecule has 2 rings (SSSR count). The fourth-order valence-corrected chi connectivity index (χ4v) is 2.81. The molecule has 1 atom stereocenters. The number of thiazole rings is 1. The fourth-order valence-electron chi connectivity index (χ4n) is 1.91. The predicted molar refractivity (Wildman–Crippen MR) is 74.1 cm³/mol. The van der Waals surface area contributed by atoms with Crippen LogP contribution >= 0.6 is 11.3 Å². The highest BCUT2D eigenvalue weighted by Gasteiger charge is 2.22. The minimum atomic E-state index is -0.0989. The van der Waals surface area contributed by atoms with Crippen molar-refractivity contribution >= 4 is 17.2 Å². The first-order valence-electron chi connectivity index (χ1n) is 5.96. The number of rotatable bonds is 3. The first-order chi connectivity index (χ1) is 9.00. The summed E-state index contributed by atoms with van der Waals surface area (Å²) in [6, 6.07) is -0.0716. The van der Waals surface area contributed by atoms with E-state index in [1.54, 1.807) is 23.3 Å². The van der Waals surface area contributed by atoms with Crippen LogP contribution < -0.4 is 0 Å². The van der Waals surface area contributed by atoms with Crippen LogP contribution in [-0.2, 0) is 0 Å². The van der Waals surface area contributed by atoms with Crippen molar-refractivity contribution in [3.63, 3.8) is 0 Å². The van der Waals surface area contributed by atoms with Gasteiger partial charge in [-0.15, -0.1) is 11.3 Å². The number of aromatic nitrogens is 3. The largest absolute Gasteiger partial charge is 0.333 e. The lowest BCUT2D eigenvalue weighted by atomic mass is 10.1.